The fourth-order valence-electron chi connectivity index (χ4n) is 2.81. The summed E-state index contributed by atoms with van der Waals surface area (Å²) < 4.78 is 44.0. The van der Waals surface area contributed by atoms with Crippen molar-refractivity contribution in [2.45, 2.75) is 12.1 Å². The van der Waals surface area contributed by atoms with Gasteiger partial charge in [-0.3, -0.25) is 0 Å². The van der Waals surface area contributed by atoms with E-state index >= 15 is 0 Å². The number of nitrogens with zero attached hydrogens (tertiary/aromatic N) is 4. The van der Waals surface area contributed by atoms with E-state index in [1.165, 1.54) is 35.0 Å². The molecule has 3 aromatic rings. The number of hydrogen-bond donors (Lipinski definition) is 0. The van der Waals surface area contributed by atoms with Gasteiger partial charge in [0.05, 0.1) is 18.5 Å². The zero-order valence-electron chi connectivity index (χ0n) is 15.0. The second-order valence-electron chi connectivity index (χ2n) is 6.33. The van der Waals surface area contributed by atoms with Crippen LogP contribution in [0, 0.1) is 11.3 Å². The number of allylic oxidation sites excluding steroid dienone is 1. The van der Waals surface area contributed by atoms with Gasteiger partial charge in [-0.25, -0.2) is 4.57 Å². The molecular formula is C20H14Cl2F3N4+. The van der Waals surface area contributed by atoms with Gasteiger partial charge < -0.3 is 0 Å². The van der Waals surface area contributed by atoms with E-state index < -0.39 is 12.1 Å². The van der Waals surface area contributed by atoms with Crippen molar-refractivity contribution in [2.24, 2.45) is 7.05 Å². The summed E-state index contributed by atoms with van der Waals surface area (Å²) in [5.41, 5.74) is 1.20. The first kappa shape index (κ1) is 20.9. The number of halogens is 5. The summed E-state index contributed by atoms with van der Waals surface area (Å²) in [7, 11) is 1.78. The second kappa shape index (κ2) is 8.27. The second-order valence-corrected chi connectivity index (χ2v) is 7.20. The summed E-state index contributed by atoms with van der Waals surface area (Å²) in [6, 6.07) is 10.6. The van der Waals surface area contributed by atoms with Crippen LogP contribution < -0.4 is 4.57 Å². The molecule has 0 aliphatic carbocycles. The van der Waals surface area contributed by atoms with E-state index in [4.69, 9.17) is 23.2 Å². The molecule has 1 aromatic heterocycles. The Morgan fingerprint density at radius 1 is 1.17 bits per heavy atom. The van der Waals surface area contributed by atoms with Gasteiger partial charge in [-0.1, -0.05) is 46.1 Å². The van der Waals surface area contributed by atoms with Crippen LogP contribution in [-0.2, 0) is 7.05 Å². The highest BCUT2D eigenvalue weighted by Crippen LogP contribution is 2.38. The zero-order chi connectivity index (χ0) is 21.2. The Morgan fingerprint density at radius 2 is 1.86 bits per heavy atom. The predicted molar refractivity (Wildman–Crippen MR) is 104 cm³/mol. The fraction of sp³-hybridized carbons (Fsp3) is 0.150. The third-order valence-electron chi connectivity index (χ3n) is 4.12. The maximum Gasteiger partial charge on any atom is 0.399 e. The molecule has 0 radical (unpaired) electrons. The molecule has 3 rings (SSSR count). The maximum atomic E-state index is 13.6. The molecular weight excluding hydrogens is 424 g/mol. The number of alkyl halides is 3. The van der Waals surface area contributed by atoms with Crippen molar-refractivity contribution in [3.63, 3.8) is 0 Å². The third kappa shape index (κ3) is 4.97. The minimum Gasteiger partial charge on any atom is -0.240 e. The highest BCUT2D eigenvalue weighted by Gasteiger charge is 2.39. The normalized spacial score (nSPS) is 12.9. The lowest BCUT2D eigenvalue weighted by Gasteiger charge is -2.18. The largest absolute Gasteiger partial charge is 0.399 e. The highest BCUT2D eigenvalue weighted by molar-refractivity contribution is 6.34. The van der Waals surface area contributed by atoms with Gasteiger partial charge in [0.2, 0.25) is 6.33 Å². The predicted octanol–water partition coefficient (Wildman–Crippen LogP) is 5.23. The van der Waals surface area contributed by atoms with E-state index in [1.54, 1.807) is 36.4 Å². The van der Waals surface area contributed by atoms with E-state index in [0.717, 1.165) is 6.08 Å². The molecule has 29 heavy (non-hydrogen) atoms. The van der Waals surface area contributed by atoms with Crippen LogP contribution in [0.1, 0.15) is 22.6 Å². The van der Waals surface area contributed by atoms with Gasteiger partial charge in [0, 0.05) is 15.1 Å². The van der Waals surface area contributed by atoms with Crippen LogP contribution >= 0.6 is 23.2 Å². The molecule has 0 aliphatic rings. The maximum absolute atomic E-state index is 13.6. The van der Waals surface area contributed by atoms with E-state index in [1.807, 2.05) is 6.07 Å². The number of benzene rings is 2. The number of aromatic nitrogens is 3. The number of aryl methyl sites for hydroxylation is 1. The van der Waals surface area contributed by atoms with E-state index in [-0.39, 0.29) is 21.2 Å². The average molecular weight is 438 g/mol. The van der Waals surface area contributed by atoms with Gasteiger partial charge in [0.15, 0.2) is 5.69 Å². The van der Waals surface area contributed by atoms with Crippen molar-refractivity contribution in [3.05, 3.63) is 81.9 Å². The van der Waals surface area contributed by atoms with Gasteiger partial charge in [0.1, 0.15) is 6.07 Å². The van der Waals surface area contributed by atoms with E-state index in [9.17, 15) is 18.4 Å². The van der Waals surface area contributed by atoms with Crippen LogP contribution in [0.4, 0.5) is 13.2 Å². The molecule has 1 atom stereocenters. The molecule has 0 N–H and O–H groups in total. The number of hydrogen-bond acceptors (Lipinski definition) is 2. The number of nitriles is 1. The minimum atomic E-state index is -4.54. The topological polar surface area (TPSA) is 45.5 Å². The molecule has 0 saturated heterocycles. The molecule has 1 heterocycles. The van der Waals surface area contributed by atoms with Crippen LogP contribution in [0.5, 0.6) is 0 Å². The lowest BCUT2D eigenvalue weighted by atomic mass is 9.96. The van der Waals surface area contributed by atoms with Gasteiger partial charge in [-0.15, -0.1) is 0 Å². The lowest BCUT2D eigenvalue weighted by molar-refractivity contribution is -0.672. The highest BCUT2D eigenvalue weighted by atomic mass is 35.5. The monoisotopic (exact) mass is 437 g/mol. The molecule has 0 fully saturated rings. The first-order valence-electron chi connectivity index (χ1n) is 8.32. The van der Waals surface area contributed by atoms with Gasteiger partial charge in [0.25, 0.3) is 6.33 Å². The Hall–Kier alpha value is -2.82. The quantitative estimate of drug-likeness (QED) is 0.524. The van der Waals surface area contributed by atoms with Crippen molar-refractivity contribution in [2.75, 3.05) is 0 Å². The smallest absolute Gasteiger partial charge is 0.240 e. The molecule has 0 amide bonds. The summed E-state index contributed by atoms with van der Waals surface area (Å²) in [5.74, 6) is -1.89. The molecule has 0 aliphatic heterocycles. The third-order valence-corrected chi connectivity index (χ3v) is 4.55. The van der Waals surface area contributed by atoms with Crippen LogP contribution in [0.15, 0.2) is 55.1 Å². The average Bonchev–Trinajstić information content (AvgIpc) is 3.06. The number of rotatable bonds is 4. The molecule has 0 saturated carbocycles. The van der Waals surface area contributed by atoms with Crippen molar-refractivity contribution in [1.82, 2.24) is 9.78 Å². The summed E-state index contributed by atoms with van der Waals surface area (Å²) in [4.78, 5) is 0. The van der Waals surface area contributed by atoms with Gasteiger partial charge >= 0.3 is 6.18 Å². The van der Waals surface area contributed by atoms with Gasteiger partial charge in [-0.05, 0) is 41.5 Å². The first-order chi connectivity index (χ1) is 13.7. The van der Waals surface area contributed by atoms with E-state index in [2.05, 4.69) is 5.10 Å². The Balaban J connectivity index is 1.97. The molecule has 1 unspecified atom stereocenters. The molecule has 2 aromatic carbocycles. The molecule has 0 bridgehead atoms. The zero-order valence-corrected chi connectivity index (χ0v) is 16.5. The summed E-state index contributed by atoms with van der Waals surface area (Å²) in [6.45, 7) is 0. The lowest BCUT2D eigenvalue weighted by Crippen LogP contribution is -2.23. The van der Waals surface area contributed by atoms with Gasteiger partial charge in [-0.2, -0.15) is 18.4 Å². The van der Waals surface area contributed by atoms with Crippen molar-refractivity contribution in [1.29, 1.82) is 5.26 Å². The summed E-state index contributed by atoms with van der Waals surface area (Å²) in [6.07, 6.45) is 1.05. The SMILES string of the molecule is C[n+]1cnn(-c2ccc(C=CC(c3cc(Cl)cc(Cl)c3)C(F)(F)F)cc2C#N)c1. The fourth-order valence-corrected chi connectivity index (χ4v) is 3.35. The Labute approximate surface area is 175 Å². The van der Waals surface area contributed by atoms with E-state index in [0.29, 0.717) is 11.3 Å². The van der Waals surface area contributed by atoms with Crippen LogP contribution in [0.2, 0.25) is 10.0 Å². The van der Waals surface area contributed by atoms with Crippen molar-refractivity contribution in [3.8, 4) is 11.8 Å². The van der Waals surface area contributed by atoms with Crippen molar-refractivity contribution >= 4 is 29.3 Å². The molecule has 9 heteroatoms. The Morgan fingerprint density at radius 3 is 2.41 bits per heavy atom. The van der Waals surface area contributed by atoms with Crippen LogP contribution in [-0.4, -0.2) is 16.0 Å². The molecule has 148 valence electrons. The Bertz CT molecular complexity index is 1090. The first-order valence-corrected chi connectivity index (χ1v) is 9.08. The van der Waals surface area contributed by atoms with Crippen LogP contribution in [0.25, 0.3) is 11.8 Å². The minimum absolute atomic E-state index is 0.0626. The summed E-state index contributed by atoms with van der Waals surface area (Å²) >= 11 is 11.7. The molecule has 0 spiro atoms. The van der Waals surface area contributed by atoms with Crippen LogP contribution in [0.3, 0.4) is 0 Å². The standard InChI is InChI=1S/C20H14Cl2F3N4/c1-28-11-27-29(12-28)19-5-3-13(6-15(19)10-26)2-4-18(20(23,24)25)14-7-16(21)9-17(22)8-14/h2-9,11-12,18H,1H3/q+1. The molecule has 4 nitrogen and oxygen atoms in total. The Kier molecular flexibility index (Phi) is 5.96. The summed E-state index contributed by atoms with van der Waals surface area (Å²) in [5, 5.41) is 13.8. The van der Waals surface area contributed by atoms with Crippen molar-refractivity contribution < 1.29 is 17.7 Å².